The maximum atomic E-state index is 13.3. The van der Waals surface area contributed by atoms with Gasteiger partial charge in [0.15, 0.2) is 0 Å². The van der Waals surface area contributed by atoms with Gasteiger partial charge in [0.05, 0.1) is 12.1 Å². The van der Waals surface area contributed by atoms with Crippen LogP contribution in [0, 0.1) is 0 Å². The van der Waals surface area contributed by atoms with Gasteiger partial charge in [-0.1, -0.05) is 48.5 Å². The predicted octanol–water partition coefficient (Wildman–Crippen LogP) is 4.75. The Bertz CT molecular complexity index is 1250. The van der Waals surface area contributed by atoms with Crippen molar-refractivity contribution in [3.05, 3.63) is 115 Å². The lowest BCUT2D eigenvalue weighted by Gasteiger charge is -2.37. The number of benzene rings is 2. The number of carbonyl (C=O) groups excluding carboxylic acids is 1. The lowest BCUT2D eigenvalue weighted by molar-refractivity contribution is 0.0708. The minimum atomic E-state index is -0.380. The SMILES string of the molecule is C=CCN1C(=O)c2ccccc2N[C@@H]1c1cn(Cc2ccccc2)nc1-c1cccnc1. The molecule has 2 aromatic heterocycles. The number of amides is 1. The quantitative estimate of drug-likeness (QED) is 0.457. The Morgan fingerprint density at radius 2 is 1.84 bits per heavy atom. The summed E-state index contributed by atoms with van der Waals surface area (Å²) in [5.74, 6) is -0.0304. The Morgan fingerprint density at radius 3 is 2.62 bits per heavy atom. The van der Waals surface area contributed by atoms with Crippen molar-refractivity contribution in [2.75, 3.05) is 11.9 Å². The fourth-order valence-corrected chi connectivity index (χ4v) is 4.08. The molecule has 0 bridgehead atoms. The topological polar surface area (TPSA) is 63.1 Å². The van der Waals surface area contributed by atoms with Gasteiger partial charge in [0.1, 0.15) is 11.9 Å². The van der Waals surface area contributed by atoms with Gasteiger partial charge in [-0.15, -0.1) is 6.58 Å². The zero-order valence-corrected chi connectivity index (χ0v) is 17.6. The van der Waals surface area contributed by atoms with Gasteiger partial charge >= 0.3 is 0 Å². The summed E-state index contributed by atoms with van der Waals surface area (Å²) < 4.78 is 1.92. The van der Waals surface area contributed by atoms with Crippen molar-refractivity contribution in [2.24, 2.45) is 0 Å². The van der Waals surface area contributed by atoms with Crippen LogP contribution in [0.4, 0.5) is 5.69 Å². The van der Waals surface area contributed by atoms with Gasteiger partial charge in [0, 0.05) is 41.9 Å². The van der Waals surface area contributed by atoms with E-state index in [1.165, 1.54) is 0 Å². The van der Waals surface area contributed by atoms with Crippen LogP contribution in [-0.2, 0) is 6.54 Å². The van der Waals surface area contributed by atoms with Crippen LogP contribution in [0.5, 0.6) is 0 Å². The first-order valence-electron chi connectivity index (χ1n) is 10.5. The molecule has 6 heteroatoms. The molecule has 0 saturated heterocycles. The third-order valence-electron chi connectivity index (χ3n) is 5.55. The van der Waals surface area contributed by atoms with Crippen LogP contribution < -0.4 is 5.32 Å². The highest BCUT2D eigenvalue weighted by atomic mass is 16.2. The van der Waals surface area contributed by atoms with E-state index in [1.54, 1.807) is 23.4 Å². The fraction of sp³-hybridized carbons (Fsp3) is 0.115. The molecular formula is C26H23N5O. The number of aromatic nitrogens is 3. The van der Waals surface area contributed by atoms with Gasteiger partial charge in [-0.25, -0.2) is 0 Å². The highest BCUT2D eigenvalue weighted by Gasteiger charge is 2.34. The van der Waals surface area contributed by atoms with E-state index in [9.17, 15) is 4.79 Å². The molecule has 0 saturated carbocycles. The predicted molar refractivity (Wildman–Crippen MR) is 125 cm³/mol. The van der Waals surface area contributed by atoms with Crippen LogP contribution in [0.25, 0.3) is 11.3 Å². The number of rotatable bonds is 6. The Morgan fingerprint density at radius 1 is 1.03 bits per heavy atom. The van der Waals surface area contributed by atoms with Crippen LogP contribution in [0.2, 0.25) is 0 Å². The molecule has 2 aromatic carbocycles. The molecule has 6 nitrogen and oxygen atoms in total. The summed E-state index contributed by atoms with van der Waals surface area (Å²) in [5, 5.41) is 8.45. The van der Waals surface area contributed by atoms with E-state index in [4.69, 9.17) is 5.10 Å². The highest BCUT2D eigenvalue weighted by molar-refractivity contribution is 6.02. The lowest BCUT2D eigenvalue weighted by atomic mass is 10.0. The van der Waals surface area contributed by atoms with E-state index in [0.717, 1.165) is 28.1 Å². The van der Waals surface area contributed by atoms with E-state index in [1.807, 2.05) is 65.5 Å². The summed E-state index contributed by atoms with van der Waals surface area (Å²) in [7, 11) is 0. The summed E-state index contributed by atoms with van der Waals surface area (Å²) in [6.45, 7) is 4.91. The largest absolute Gasteiger partial charge is 0.361 e. The number of nitrogens with zero attached hydrogens (tertiary/aromatic N) is 4. The van der Waals surface area contributed by atoms with Gasteiger partial charge in [-0.05, 0) is 29.8 Å². The van der Waals surface area contributed by atoms with E-state index in [2.05, 4.69) is 29.0 Å². The van der Waals surface area contributed by atoms with Crippen molar-refractivity contribution in [3.8, 4) is 11.3 Å². The number of fused-ring (bicyclic) bond motifs is 1. The molecule has 32 heavy (non-hydrogen) atoms. The maximum Gasteiger partial charge on any atom is 0.258 e. The molecule has 3 heterocycles. The number of nitrogens with one attached hydrogen (secondary N) is 1. The molecule has 4 aromatic rings. The van der Waals surface area contributed by atoms with Crippen molar-refractivity contribution in [3.63, 3.8) is 0 Å². The number of anilines is 1. The van der Waals surface area contributed by atoms with Crippen LogP contribution >= 0.6 is 0 Å². The first-order chi connectivity index (χ1) is 15.7. The molecule has 1 N–H and O–H groups in total. The number of para-hydroxylation sites is 1. The molecule has 5 rings (SSSR count). The molecule has 1 atom stereocenters. The van der Waals surface area contributed by atoms with Crippen molar-refractivity contribution in [2.45, 2.75) is 12.7 Å². The molecule has 1 amide bonds. The van der Waals surface area contributed by atoms with E-state index < -0.39 is 0 Å². The van der Waals surface area contributed by atoms with E-state index in [0.29, 0.717) is 18.7 Å². The third kappa shape index (κ3) is 3.67. The maximum absolute atomic E-state index is 13.3. The smallest absolute Gasteiger partial charge is 0.258 e. The van der Waals surface area contributed by atoms with Crippen molar-refractivity contribution >= 4 is 11.6 Å². The molecule has 0 fully saturated rings. The minimum Gasteiger partial charge on any atom is -0.361 e. The molecule has 1 aliphatic rings. The average molecular weight is 422 g/mol. The molecule has 158 valence electrons. The second-order valence-corrected chi connectivity index (χ2v) is 7.70. The van der Waals surface area contributed by atoms with Gasteiger partial charge in [0.25, 0.3) is 5.91 Å². The van der Waals surface area contributed by atoms with E-state index >= 15 is 0 Å². The Hall–Kier alpha value is -4.19. The van der Waals surface area contributed by atoms with Crippen LogP contribution in [0.15, 0.2) is 98.0 Å². The number of hydrogen-bond acceptors (Lipinski definition) is 4. The number of pyridine rings is 1. The van der Waals surface area contributed by atoms with Crippen molar-refractivity contribution < 1.29 is 4.79 Å². The number of hydrogen-bond donors (Lipinski definition) is 1. The fourth-order valence-electron chi connectivity index (χ4n) is 4.08. The van der Waals surface area contributed by atoms with Crippen molar-refractivity contribution in [1.29, 1.82) is 0 Å². The van der Waals surface area contributed by atoms with Crippen LogP contribution in [-0.4, -0.2) is 32.1 Å². The molecule has 0 radical (unpaired) electrons. The van der Waals surface area contributed by atoms with Gasteiger partial charge in [0.2, 0.25) is 0 Å². The highest BCUT2D eigenvalue weighted by Crippen LogP contribution is 2.36. The monoisotopic (exact) mass is 421 g/mol. The first kappa shape index (κ1) is 19.8. The molecule has 1 aliphatic heterocycles. The van der Waals surface area contributed by atoms with Crippen LogP contribution in [0.3, 0.4) is 0 Å². The minimum absolute atomic E-state index is 0.0304. The standard InChI is InChI=1S/C26H23N5O/c1-2-15-31-25(28-23-13-7-6-12-21(23)26(31)32)22-18-30(17-19-9-4-3-5-10-19)29-24(22)20-11-8-14-27-16-20/h2-14,16,18,25,28H,1,15,17H2/t25-/m0/s1. The summed E-state index contributed by atoms with van der Waals surface area (Å²) in [4.78, 5) is 19.4. The van der Waals surface area contributed by atoms with Crippen LogP contribution in [0.1, 0.15) is 27.7 Å². The second-order valence-electron chi connectivity index (χ2n) is 7.70. The second kappa shape index (κ2) is 8.51. The van der Waals surface area contributed by atoms with Gasteiger partial charge in [-0.2, -0.15) is 5.10 Å². The molecule has 0 spiro atoms. The van der Waals surface area contributed by atoms with Gasteiger partial charge < -0.3 is 10.2 Å². The summed E-state index contributed by atoms with van der Waals surface area (Å²) in [6, 6.07) is 21.7. The Labute approximate surface area is 186 Å². The van der Waals surface area contributed by atoms with E-state index in [-0.39, 0.29) is 12.1 Å². The lowest BCUT2D eigenvalue weighted by Crippen LogP contribution is -2.43. The molecular weight excluding hydrogens is 398 g/mol. The zero-order chi connectivity index (χ0) is 21.9. The average Bonchev–Trinajstić information content (AvgIpc) is 3.25. The third-order valence-corrected chi connectivity index (χ3v) is 5.55. The summed E-state index contributed by atoms with van der Waals surface area (Å²) >= 11 is 0. The zero-order valence-electron chi connectivity index (χ0n) is 17.6. The normalized spacial score (nSPS) is 15.2. The Kier molecular flexibility index (Phi) is 5.25. The van der Waals surface area contributed by atoms with Gasteiger partial charge in [-0.3, -0.25) is 14.5 Å². The molecule has 0 unspecified atom stereocenters. The summed E-state index contributed by atoms with van der Waals surface area (Å²) in [5.41, 5.74) is 5.24. The summed E-state index contributed by atoms with van der Waals surface area (Å²) in [6.07, 6.45) is 6.93. The van der Waals surface area contributed by atoms with Crippen molar-refractivity contribution in [1.82, 2.24) is 19.7 Å². The molecule has 0 aliphatic carbocycles. The first-order valence-corrected chi connectivity index (χ1v) is 10.5. The Balaban J connectivity index is 1.62. The number of carbonyl (C=O) groups is 1.